The fraction of sp³-hybridized carbons (Fsp3) is 0.400. The predicted octanol–water partition coefficient (Wildman–Crippen LogP) is 2.61. The van der Waals surface area contributed by atoms with Gasteiger partial charge in [-0.25, -0.2) is 4.39 Å². The van der Waals surface area contributed by atoms with E-state index in [9.17, 15) is 4.39 Å². The number of ether oxygens (including phenoxy) is 1. The molecule has 0 unspecified atom stereocenters. The van der Waals surface area contributed by atoms with Gasteiger partial charge in [0.05, 0.1) is 6.61 Å². The summed E-state index contributed by atoms with van der Waals surface area (Å²) in [5.74, 6) is 1.30. The van der Waals surface area contributed by atoms with E-state index in [4.69, 9.17) is 4.74 Å². The molecule has 64 valence electrons. The minimum Gasteiger partial charge on any atom is -0.493 e. The van der Waals surface area contributed by atoms with Crippen molar-refractivity contribution in [2.75, 3.05) is 6.61 Å². The zero-order valence-corrected chi connectivity index (χ0v) is 6.79. The molecule has 2 heteroatoms. The highest BCUT2D eigenvalue weighted by Crippen LogP contribution is 2.29. The predicted molar refractivity (Wildman–Crippen MR) is 44.6 cm³/mol. The van der Waals surface area contributed by atoms with Crippen molar-refractivity contribution in [3.05, 3.63) is 30.1 Å². The van der Waals surface area contributed by atoms with E-state index in [1.165, 1.54) is 25.0 Å². The maximum atomic E-state index is 12.4. The maximum Gasteiger partial charge on any atom is 0.123 e. The lowest BCUT2D eigenvalue weighted by molar-refractivity contribution is 0.299. The van der Waals surface area contributed by atoms with Crippen LogP contribution >= 0.6 is 0 Å². The number of hydrogen-bond donors (Lipinski definition) is 0. The van der Waals surface area contributed by atoms with Crippen molar-refractivity contribution in [1.29, 1.82) is 0 Å². The van der Waals surface area contributed by atoms with E-state index < -0.39 is 0 Å². The fourth-order valence-electron chi connectivity index (χ4n) is 1.03. The second-order valence-electron chi connectivity index (χ2n) is 3.21. The zero-order chi connectivity index (χ0) is 8.39. The molecule has 1 aromatic rings. The first kappa shape index (κ1) is 7.59. The van der Waals surface area contributed by atoms with Crippen molar-refractivity contribution in [2.24, 2.45) is 5.92 Å². The van der Waals surface area contributed by atoms with Crippen molar-refractivity contribution in [3.8, 4) is 5.75 Å². The molecule has 1 saturated carbocycles. The molecule has 1 aliphatic carbocycles. The highest BCUT2D eigenvalue weighted by Gasteiger charge is 2.21. The summed E-state index contributed by atoms with van der Waals surface area (Å²) in [5, 5.41) is 0. The normalized spacial score (nSPS) is 16.1. The molecule has 0 radical (unpaired) electrons. The molecule has 0 N–H and O–H groups in total. The first-order chi connectivity index (χ1) is 5.84. The van der Waals surface area contributed by atoms with Gasteiger partial charge in [0, 0.05) is 0 Å². The van der Waals surface area contributed by atoms with Crippen molar-refractivity contribution in [1.82, 2.24) is 0 Å². The summed E-state index contributed by atoms with van der Waals surface area (Å²) in [4.78, 5) is 0. The van der Waals surface area contributed by atoms with E-state index in [-0.39, 0.29) is 5.82 Å². The molecule has 1 aromatic carbocycles. The van der Waals surface area contributed by atoms with Crippen molar-refractivity contribution in [3.63, 3.8) is 0 Å². The Kier molecular flexibility index (Phi) is 1.98. The molecule has 0 amide bonds. The van der Waals surface area contributed by atoms with Gasteiger partial charge >= 0.3 is 0 Å². The number of halogens is 1. The molecule has 0 saturated heterocycles. The van der Waals surface area contributed by atoms with Crippen LogP contribution in [0.5, 0.6) is 5.75 Å². The topological polar surface area (TPSA) is 9.23 Å². The van der Waals surface area contributed by atoms with Gasteiger partial charge in [-0.1, -0.05) is 0 Å². The van der Waals surface area contributed by atoms with E-state index in [1.807, 2.05) is 0 Å². The second-order valence-corrected chi connectivity index (χ2v) is 3.21. The van der Waals surface area contributed by atoms with Crippen LogP contribution in [0.3, 0.4) is 0 Å². The Bertz CT molecular complexity index is 251. The monoisotopic (exact) mass is 166 g/mol. The number of rotatable bonds is 3. The first-order valence-electron chi connectivity index (χ1n) is 4.23. The third-order valence-electron chi connectivity index (χ3n) is 2.00. The number of hydrogen-bond acceptors (Lipinski definition) is 1. The van der Waals surface area contributed by atoms with E-state index >= 15 is 0 Å². The molecule has 1 nitrogen and oxygen atoms in total. The Hall–Kier alpha value is -1.05. The van der Waals surface area contributed by atoms with Gasteiger partial charge in [0.25, 0.3) is 0 Å². The Morgan fingerprint density at radius 3 is 2.50 bits per heavy atom. The van der Waals surface area contributed by atoms with Crippen molar-refractivity contribution < 1.29 is 9.13 Å². The molecule has 0 heterocycles. The highest BCUT2D eigenvalue weighted by atomic mass is 19.1. The van der Waals surface area contributed by atoms with Crippen LogP contribution in [0.1, 0.15) is 12.8 Å². The highest BCUT2D eigenvalue weighted by molar-refractivity contribution is 5.22. The molecule has 0 atom stereocenters. The number of benzene rings is 1. The summed E-state index contributed by atoms with van der Waals surface area (Å²) >= 11 is 0. The summed E-state index contributed by atoms with van der Waals surface area (Å²) in [7, 11) is 0. The minimum absolute atomic E-state index is 0.214. The lowest BCUT2D eigenvalue weighted by Crippen LogP contribution is -1.98. The fourth-order valence-corrected chi connectivity index (χ4v) is 1.03. The van der Waals surface area contributed by atoms with Crippen LogP contribution in [0.2, 0.25) is 0 Å². The lowest BCUT2D eigenvalue weighted by Gasteiger charge is -2.03. The van der Waals surface area contributed by atoms with E-state index in [0.717, 1.165) is 18.3 Å². The molecule has 1 aliphatic rings. The van der Waals surface area contributed by atoms with E-state index in [2.05, 4.69) is 0 Å². The maximum absolute atomic E-state index is 12.4. The zero-order valence-electron chi connectivity index (χ0n) is 6.79. The molecule has 0 aliphatic heterocycles. The quantitative estimate of drug-likeness (QED) is 0.670. The van der Waals surface area contributed by atoms with Gasteiger partial charge in [-0.15, -0.1) is 0 Å². The van der Waals surface area contributed by atoms with Crippen LogP contribution in [-0.2, 0) is 0 Å². The summed E-state index contributed by atoms with van der Waals surface area (Å²) in [6.07, 6.45) is 2.56. The van der Waals surface area contributed by atoms with Gasteiger partial charge in [-0.2, -0.15) is 0 Å². The average molecular weight is 166 g/mol. The summed E-state index contributed by atoms with van der Waals surface area (Å²) in [5.41, 5.74) is 0. The molecular formula is C10H11FO. The van der Waals surface area contributed by atoms with Crippen LogP contribution in [0.25, 0.3) is 0 Å². The van der Waals surface area contributed by atoms with E-state index in [1.54, 1.807) is 12.1 Å². The van der Waals surface area contributed by atoms with Crippen molar-refractivity contribution in [2.45, 2.75) is 12.8 Å². The standard InChI is InChI=1S/C10H11FO/c11-9-3-5-10(6-4-9)12-7-8-1-2-8/h3-6,8H,1-2,7H2. The van der Waals surface area contributed by atoms with Crippen LogP contribution in [0.4, 0.5) is 4.39 Å². The Morgan fingerprint density at radius 1 is 1.25 bits per heavy atom. The third-order valence-corrected chi connectivity index (χ3v) is 2.00. The van der Waals surface area contributed by atoms with Gasteiger partial charge in [-0.05, 0) is 43.0 Å². The first-order valence-corrected chi connectivity index (χ1v) is 4.23. The van der Waals surface area contributed by atoms with Crippen LogP contribution in [-0.4, -0.2) is 6.61 Å². The molecule has 0 spiro atoms. The van der Waals surface area contributed by atoms with Gasteiger partial charge in [0.15, 0.2) is 0 Å². The Morgan fingerprint density at radius 2 is 1.92 bits per heavy atom. The minimum atomic E-state index is -0.214. The molecular weight excluding hydrogens is 155 g/mol. The molecule has 12 heavy (non-hydrogen) atoms. The molecule has 2 rings (SSSR count). The van der Waals surface area contributed by atoms with Gasteiger partial charge in [0.2, 0.25) is 0 Å². The summed E-state index contributed by atoms with van der Waals surface area (Å²) in [6, 6.07) is 6.17. The van der Waals surface area contributed by atoms with Crippen LogP contribution in [0.15, 0.2) is 24.3 Å². The van der Waals surface area contributed by atoms with Crippen LogP contribution in [0, 0.1) is 11.7 Å². The average Bonchev–Trinajstić information content (AvgIpc) is 2.87. The molecule has 0 aromatic heterocycles. The van der Waals surface area contributed by atoms with Crippen molar-refractivity contribution >= 4 is 0 Å². The largest absolute Gasteiger partial charge is 0.493 e. The second kappa shape index (κ2) is 3.13. The molecule has 0 bridgehead atoms. The Labute approximate surface area is 71.2 Å². The van der Waals surface area contributed by atoms with Gasteiger partial charge in [-0.3, -0.25) is 0 Å². The van der Waals surface area contributed by atoms with Crippen LogP contribution < -0.4 is 4.74 Å². The SMILES string of the molecule is Fc1ccc(OCC2CC2)cc1. The third kappa shape index (κ3) is 1.97. The van der Waals surface area contributed by atoms with E-state index in [0.29, 0.717) is 0 Å². The smallest absolute Gasteiger partial charge is 0.123 e. The molecule has 1 fully saturated rings. The lowest BCUT2D eigenvalue weighted by atomic mass is 10.3. The summed E-state index contributed by atoms with van der Waals surface area (Å²) in [6.45, 7) is 0.783. The Balaban J connectivity index is 1.89. The summed E-state index contributed by atoms with van der Waals surface area (Å²) < 4.78 is 17.9. The van der Waals surface area contributed by atoms with Gasteiger partial charge < -0.3 is 4.74 Å². The van der Waals surface area contributed by atoms with Gasteiger partial charge in [0.1, 0.15) is 11.6 Å².